The lowest BCUT2D eigenvalue weighted by Gasteiger charge is -2.31. The van der Waals surface area contributed by atoms with Crippen molar-refractivity contribution < 1.29 is 9.53 Å². The van der Waals surface area contributed by atoms with Gasteiger partial charge in [-0.05, 0) is 54.7 Å². The predicted octanol–water partition coefficient (Wildman–Crippen LogP) is 4.84. The summed E-state index contributed by atoms with van der Waals surface area (Å²) in [4.78, 5) is 15.0. The van der Waals surface area contributed by atoms with Gasteiger partial charge < -0.3 is 15.0 Å². The molecule has 1 amide bonds. The number of fused-ring (bicyclic) bond motifs is 1. The molecule has 154 valence electrons. The maximum absolute atomic E-state index is 12.5. The quantitative estimate of drug-likeness (QED) is 0.550. The van der Waals surface area contributed by atoms with Crippen LogP contribution >= 0.6 is 0 Å². The summed E-state index contributed by atoms with van der Waals surface area (Å²) >= 11 is 0. The van der Waals surface area contributed by atoms with Crippen LogP contribution in [0.25, 0.3) is 0 Å². The minimum absolute atomic E-state index is 0.0563. The molecule has 0 atom stereocenters. The normalized spacial score (nSPS) is 12.9. The third-order valence-electron chi connectivity index (χ3n) is 5.44. The number of para-hydroxylation sites is 1. The number of anilines is 1. The molecule has 1 aliphatic rings. The molecule has 4 nitrogen and oxygen atoms in total. The first-order valence-electron chi connectivity index (χ1n) is 10.7. The van der Waals surface area contributed by atoms with Gasteiger partial charge in [-0.3, -0.25) is 4.79 Å². The molecule has 30 heavy (non-hydrogen) atoms. The lowest BCUT2D eigenvalue weighted by Crippen LogP contribution is -2.33. The number of nitrogens with zero attached hydrogens (tertiary/aromatic N) is 1. The Balaban J connectivity index is 1.25. The van der Waals surface area contributed by atoms with E-state index >= 15 is 0 Å². The van der Waals surface area contributed by atoms with E-state index in [0.29, 0.717) is 24.5 Å². The summed E-state index contributed by atoms with van der Waals surface area (Å²) in [7, 11) is 0. The van der Waals surface area contributed by atoms with Gasteiger partial charge in [0, 0.05) is 30.9 Å². The van der Waals surface area contributed by atoms with Crippen LogP contribution in [0.15, 0.2) is 78.9 Å². The molecule has 4 heteroatoms. The molecule has 0 spiro atoms. The summed E-state index contributed by atoms with van der Waals surface area (Å²) in [5.74, 6) is 0.649. The fourth-order valence-corrected chi connectivity index (χ4v) is 3.89. The number of amides is 1. The molecular formula is C26H28N2O2. The van der Waals surface area contributed by atoms with Gasteiger partial charge in [-0.2, -0.15) is 0 Å². The van der Waals surface area contributed by atoms with Crippen LogP contribution in [0.4, 0.5) is 5.69 Å². The van der Waals surface area contributed by atoms with E-state index in [9.17, 15) is 4.79 Å². The molecular weight excluding hydrogens is 372 g/mol. The Hall–Kier alpha value is -3.27. The molecule has 0 bridgehead atoms. The van der Waals surface area contributed by atoms with Crippen LogP contribution in [0, 0.1) is 0 Å². The molecule has 0 aromatic heterocycles. The van der Waals surface area contributed by atoms with Crippen molar-refractivity contribution in [1.29, 1.82) is 0 Å². The second-order valence-corrected chi connectivity index (χ2v) is 7.63. The summed E-state index contributed by atoms with van der Waals surface area (Å²) < 4.78 is 5.83. The summed E-state index contributed by atoms with van der Waals surface area (Å²) in [5.41, 5.74) is 4.51. The predicted molar refractivity (Wildman–Crippen MR) is 121 cm³/mol. The number of hydrogen-bond acceptors (Lipinski definition) is 3. The highest BCUT2D eigenvalue weighted by molar-refractivity contribution is 5.94. The van der Waals surface area contributed by atoms with Crippen LogP contribution in [0.2, 0.25) is 0 Å². The van der Waals surface area contributed by atoms with Crippen LogP contribution in [0.3, 0.4) is 0 Å². The number of ether oxygens (including phenoxy) is 1. The van der Waals surface area contributed by atoms with Gasteiger partial charge in [0.15, 0.2) is 0 Å². The van der Waals surface area contributed by atoms with Crippen LogP contribution < -0.4 is 15.0 Å². The zero-order chi connectivity index (χ0) is 20.6. The summed E-state index contributed by atoms with van der Waals surface area (Å²) in [6.45, 7) is 3.19. The fraction of sp³-hybridized carbons (Fsp3) is 0.269. The molecule has 1 aliphatic heterocycles. The first kappa shape index (κ1) is 20.0. The Morgan fingerprint density at radius 1 is 0.967 bits per heavy atom. The molecule has 0 fully saturated rings. The maximum atomic E-state index is 12.5. The molecule has 0 aliphatic carbocycles. The Bertz CT molecular complexity index is 972. The second-order valence-electron chi connectivity index (χ2n) is 7.63. The Labute approximate surface area is 178 Å². The van der Waals surface area contributed by atoms with Crippen molar-refractivity contribution in [3.63, 3.8) is 0 Å². The van der Waals surface area contributed by atoms with Gasteiger partial charge in [-0.1, -0.05) is 54.6 Å². The topological polar surface area (TPSA) is 41.6 Å². The van der Waals surface area contributed by atoms with Crippen LogP contribution in [-0.2, 0) is 13.0 Å². The van der Waals surface area contributed by atoms with Gasteiger partial charge in [-0.15, -0.1) is 0 Å². The highest BCUT2D eigenvalue weighted by atomic mass is 16.5. The Morgan fingerprint density at radius 3 is 2.70 bits per heavy atom. The Kier molecular flexibility index (Phi) is 6.65. The SMILES string of the molecule is O=C(NCCCN1CCCc2ccccc21)c1cccc(OCc2ccccc2)c1. The minimum atomic E-state index is -0.0563. The molecule has 0 saturated carbocycles. The molecule has 1 heterocycles. The molecule has 1 N–H and O–H groups in total. The third kappa shape index (κ3) is 5.20. The standard InChI is InChI=1S/C26H28N2O2/c29-26(23-12-6-14-24(19-23)30-20-21-9-2-1-3-10-21)27-16-8-18-28-17-7-13-22-11-4-5-15-25(22)28/h1-6,9-12,14-15,19H,7-8,13,16-18,20H2,(H,27,29). The Morgan fingerprint density at radius 2 is 1.80 bits per heavy atom. The number of nitrogens with one attached hydrogen (secondary N) is 1. The zero-order valence-electron chi connectivity index (χ0n) is 17.2. The molecule has 0 saturated heterocycles. The number of benzene rings is 3. The molecule has 3 aromatic rings. The van der Waals surface area contributed by atoms with E-state index < -0.39 is 0 Å². The van der Waals surface area contributed by atoms with Crippen molar-refractivity contribution in [2.45, 2.75) is 25.9 Å². The number of carbonyl (C=O) groups excluding carboxylic acids is 1. The average molecular weight is 401 g/mol. The van der Waals surface area contributed by atoms with E-state index in [1.165, 1.54) is 17.7 Å². The summed E-state index contributed by atoms with van der Waals surface area (Å²) in [6, 6.07) is 26.0. The fourth-order valence-electron chi connectivity index (χ4n) is 3.89. The molecule has 0 radical (unpaired) electrons. The van der Waals surface area contributed by atoms with Crippen molar-refractivity contribution in [1.82, 2.24) is 5.32 Å². The van der Waals surface area contributed by atoms with Crippen molar-refractivity contribution in [3.8, 4) is 5.75 Å². The zero-order valence-corrected chi connectivity index (χ0v) is 17.2. The van der Waals surface area contributed by atoms with Gasteiger partial charge in [0.1, 0.15) is 12.4 Å². The molecule has 3 aromatic carbocycles. The van der Waals surface area contributed by atoms with Gasteiger partial charge in [-0.25, -0.2) is 0 Å². The maximum Gasteiger partial charge on any atom is 0.251 e. The average Bonchev–Trinajstić information content (AvgIpc) is 2.81. The number of aryl methyl sites for hydroxylation is 1. The number of carbonyl (C=O) groups is 1. The second kappa shape index (κ2) is 9.97. The summed E-state index contributed by atoms with van der Waals surface area (Å²) in [6.07, 6.45) is 3.27. The highest BCUT2D eigenvalue weighted by Crippen LogP contribution is 2.26. The largest absolute Gasteiger partial charge is 0.489 e. The molecule has 0 unspecified atom stereocenters. The smallest absolute Gasteiger partial charge is 0.251 e. The number of rotatable bonds is 8. The van der Waals surface area contributed by atoms with Gasteiger partial charge >= 0.3 is 0 Å². The number of hydrogen-bond donors (Lipinski definition) is 1. The van der Waals surface area contributed by atoms with E-state index in [0.717, 1.165) is 31.5 Å². The van der Waals surface area contributed by atoms with Crippen LogP contribution in [0.5, 0.6) is 5.75 Å². The monoisotopic (exact) mass is 400 g/mol. The van der Waals surface area contributed by atoms with E-state index in [2.05, 4.69) is 34.5 Å². The van der Waals surface area contributed by atoms with E-state index in [4.69, 9.17) is 4.74 Å². The first-order valence-corrected chi connectivity index (χ1v) is 10.7. The van der Waals surface area contributed by atoms with Crippen LogP contribution in [0.1, 0.15) is 34.3 Å². The van der Waals surface area contributed by atoms with Crippen LogP contribution in [-0.4, -0.2) is 25.5 Å². The van der Waals surface area contributed by atoms with Gasteiger partial charge in [0.05, 0.1) is 0 Å². The molecule has 4 rings (SSSR count). The van der Waals surface area contributed by atoms with Crippen molar-refractivity contribution in [2.24, 2.45) is 0 Å². The third-order valence-corrected chi connectivity index (χ3v) is 5.44. The van der Waals surface area contributed by atoms with Crippen molar-refractivity contribution in [2.75, 3.05) is 24.5 Å². The van der Waals surface area contributed by atoms with Gasteiger partial charge in [0.2, 0.25) is 0 Å². The summed E-state index contributed by atoms with van der Waals surface area (Å²) in [5, 5.41) is 3.04. The van der Waals surface area contributed by atoms with Crippen molar-refractivity contribution >= 4 is 11.6 Å². The first-order chi connectivity index (χ1) is 14.8. The van der Waals surface area contributed by atoms with E-state index in [1.807, 2.05) is 48.5 Å². The lowest BCUT2D eigenvalue weighted by molar-refractivity contribution is 0.0953. The minimum Gasteiger partial charge on any atom is -0.489 e. The lowest BCUT2D eigenvalue weighted by atomic mass is 10.0. The highest BCUT2D eigenvalue weighted by Gasteiger charge is 2.15. The van der Waals surface area contributed by atoms with E-state index in [1.54, 1.807) is 6.07 Å². The van der Waals surface area contributed by atoms with E-state index in [-0.39, 0.29) is 5.91 Å². The van der Waals surface area contributed by atoms with Gasteiger partial charge in [0.25, 0.3) is 5.91 Å². The van der Waals surface area contributed by atoms with Crippen molar-refractivity contribution in [3.05, 3.63) is 95.6 Å².